The van der Waals surface area contributed by atoms with E-state index in [4.69, 9.17) is 0 Å². The largest absolute Gasteiger partial charge is 0.239 e. The van der Waals surface area contributed by atoms with Gasteiger partial charge < -0.3 is 0 Å². The lowest BCUT2D eigenvalue weighted by atomic mass is 9.98. The van der Waals surface area contributed by atoms with Crippen LogP contribution >= 0.6 is 0 Å². The number of sulfonamides is 2. The third-order valence-corrected chi connectivity index (χ3v) is 9.07. The lowest BCUT2D eigenvalue weighted by Gasteiger charge is -2.33. The Morgan fingerprint density at radius 3 is 2.10 bits per heavy atom. The van der Waals surface area contributed by atoms with E-state index in [1.54, 1.807) is 12.2 Å². The van der Waals surface area contributed by atoms with E-state index in [-0.39, 0.29) is 26.2 Å². The van der Waals surface area contributed by atoms with Crippen molar-refractivity contribution in [1.29, 1.82) is 0 Å². The summed E-state index contributed by atoms with van der Waals surface area (Å²) in [5.41, 5.74) is 2.89. The van der Waals surface area contributed by atoms with Crippen molar-refractivity contribution < 1.29 is 16.8 Å². The van der Waals surface area contributed by atoms with Crippen LogP contribution in [0.5, 0.6) is 0 Å². The molecule has 1 aliphatic carbocycles. The minimum Gasteiger partial charge on any atom is -0.208 e. The molecule has 0 amide bonds. The second kappa shape index (κ2) is 8.47. The molecule has 8 heteroatoms. The Labute approximate surface area is 178 Å². The summed E-state index contributed by atoms with van der Waals surface area (Å²) in [6.07, 6.45) is 4.47. The molecule has 0 saturated carbocycles. The average molecular weight is 445 g/mol. The molecule has 0 spiro atoms. The summed E-state index contributed by atoms with van der Waals surface area (Å²) >= 11 is 0. The van der Waals surface area contributed by atoms with Crippen LogP contribution in [0.3, 0.4) is 0 Å². The smallest absolute Gasteiger partial charge is 0.208 e. The molecule has 1 aliphatic heterocycles. The molecule has 30 heavy (non-hydrogen) atoms. The minimum absolute atomic E-state index is 0.143. The summed E-state index contributed by atoms with van der Waals surface area (Å²) in [4.78, 5) is 0.404. The molecule has 0 atom stereocenters. The Bertz CT molecular complexity index is 1180. The molecule has 1 heterocycles. The highest BCUT2D eigenvalue weighted by molar-refractivity contribution is 7.93. The number of piperazine rings is 1. The quantitative estimate of drug-likeness (QED) is 0.711. The fourth-order valence-electron chi connectivity index (χ4n) is 3.75. The van der Waals surface area contributed by atoms with E-state index in [2.05, 4.69) is 0 Å². The minimum atomic E-state index is -3.60. The first-order chi connectivity index (χ1) is 14.4. The van der Waals surface area contributed by atoms with E-state index in [0.29, 0.717) is 17.7 Å². The van der Waals surface area contributed by atoms with Gasteiger partial charge in [0.25, 0.3) is 0 Å². The van der Waals surface area contributed by atoms with Crippen molar-refractivity contribution in [2.75, 3.05) is 26.2 Å². The molecule has 0 N–H and O–H groups in total. The fraction of sp³-hybridized carbons (Fsp3) is 0.273. The Hall–Kier alpha value is -2.26. The summed E-state index contributed by atoms with van der Waals surface area (Å²) in [5.74, 6) is 0. The summed E-state index contributed by atoms with van der Waals surface area (Å²) in [6.45, 7) is 0.592. The molecule has 2 aromatic carbocycles. The SMILES string of the molecule is O=S(=O)(C=Cc1ccccc1)N1CCN(S(=O)(=O)C2=Cc3ccccc3CC2)CC1. The molecule has 2 aromatic rings. The second-order valence-electron chi connectivity index (χ2n) is 7.37. The number of hydrogen-bond acceptors (Lipinski definition) is 4. The molecule has 0 aromatic heterocycles. The molecule has 0 unspecified atom stereocenters. The maximum atomic E-state index is 13.1. The first kappa shape index (κ1) is 21.0. The van der Waals surface area contributed by atoms with Crippen LogP contribution in [0, 0.1) is 0 Å². The van der Waals surface area contributed by atoms with Crippen molar-refractivity contribution in [3.05, 3.63) is 81.6 Å². The van der Waals surface area contributed by atoms with E-state index in [1.807, 2.05) is 54.6 Å². The lowest BCUT2D eigenvalue weighted by molar-refractivity contribution is 0.276. The van der Waals surface area contributed by atoms with Crippen molar-refractivity contribution >= 4 is 32.2 Å². The van der Waals surface area contributed by atoms with Crippen LogP contribution < -0.4 is 0 Å². The average Bonchev–Trinajstić information content (AvgIpc) is 2.78. The van der Waals surface area contributed by atoms with E-state index in [9.17, 15) is 16.8 Å². The predicted octanol–water partition coefficient (Wildman–Crippen LogP) is 2.92. The zero-order chi connectivity index (χ0) is 21.2. The van der Waals surface area contributed by atoms with E-state index in [1.165, 1.54) is 14.0 Å². The van der Waals surface area contributed by atoms with Gasteiger partial charge in [-0.15, -0.1) is 0 Å². The van der Waals surface area contributed by atoms with Crippen LogP contribution in [0.2, 0.25) is 0 Å². The summed E-state index contributed by atoms with van der Waals surface area (Å²) < 4.78 is 54.2. The van der Waals surface area contributed by atoms with Crippen molar-refractivity contribution in [2.24, 2.45) is 0 Å². The first-order valence-electron chi connectivity index (χ1n) is 9.88. The third kappa shape index (κ3) is 4.41. The van der Waals surface area contributed by atoms with Gasteiger partial charge in [0.2, 0.25) is 20.0 Å². The van der Waals surface area contributed by atoms with Crippen LogP contribution in [0.4, 0.5) is 0 Å². The maximum absolute atomic E-state index is 13.1. The van der Waals surface area contributed by atoms with Crippen LogP contribution in [-0.4, -0.2) is 51.6 Å². The number of aryl methyl sites for hydroxylation is 1. The zero-order valence-corrected chi connectivity index (χ0v) is 18.1. The summed E-state index contributed by atoms with van der Waals surface area (Å²) in [6, 6.07) is 17.0. The van der Waals surface area contributed by atoms with Gasteiger partial charge in [0.15, 0.2) is 0 Å². The van der Waals surface area contributed by atoms with E-state index >= 15 is 0 Å². The van der Waals surface area contributed by atoms with Crippen LogP contribution in [0.1, 0.15) is 23.1 Å². The van der Waals surface area contributed by atoms with Gasteiger partial charge in [-0.05, 0) is 41.7 Å². The molecule has 0 radical (unpaired) electrons. The monoisotopic (exact) mass is 444 g/mol. The van der Waals surface area contributed by atoms with Crippen molar-refractivity contribution in [2.45, 2.75) is 12.8 Å². The molecular weight excluding hydrogens is 420 g/mol. The van der Waals surface area contributed by atoms with Gasteiger partial charge in [-0.25, -0.2) is 16.8 Å². The van der Waals surface area contributed by atoms with Gasteiger partial charge in [0.1, 0.15) is 0 Å². The molecule has 158 valence electrons. The molecule has 0 bridgehead atoms. The Kier molecular flexibility index (Phi) is 5.92. The van der Waals surface area contributed by atoms with Gasteiger partial charge in [-0.3, -0.25) is 0 Å². The normalized spacial score (nSPS) is 18.9. The van der Waals surface area contributed by atoms with Crippen molar-refractivity contribution in [3.8, 4) is 0 Å². The lowest BCUT2D eigenvalue weighted by Crippen LogP contribution is -2.50. The topological polar surface area (TPSA) is 74.8 Å². The van der Waals surface area contributed by atoms with Crippen LogP contribution in [-0.2, 0) is 26.5 Å². The van der Waals surface area contributed by atoms with Crippen molar-refractivity contribution in [1.82, 2.24) is 8.61 Å². The number of fused-ring (bicyclic) bond motifs is 1. The van der Waals surface area contributed by atoms with E-state index in [0.717, 1.165) is 16.7 Å². The van der Waals surface area contributed by atoms with Crippen molar-refractivity contribution in [3.63, 3.8) is 0 Å². The number of nitrogens with zero attached hydrogens (tertiary/aromatic N) is 2. The molecule has 4 rings (SSSR count). The highest BCUT2D eigenvalue weighted by Gasteiger charge is 2.33. The number of rotatable bonds is 5. The van der Waals surface area contributed by atoms with E-state index < -0.39 is 20.0 Å². The Morgan fingerprint density at radius 2 is 1.37 bits per heavy atom. The molecule has 2 aliphatic rings. The number of hydrogen-bond donors (Lipinski definition) is 0. The maximum Gasteiger partial charge on any atom is 0.239 e. The number of allylic oxidation sites excluding steroid dienone is 1. The molecule has 1 saturated heterocycles. The highest BCUT2D eigenvalue weighted by atomic mass is 32.2. The standard InChI is InChI=1S/C22H24N2O4S2/c25-29(26,17-12-19-6-2-1-3-7-19)23-13-15-24(16-14-23)30(27,28)22-11-10-20-8-4-5-9-21(20)18-22/h1-9,12,17-18H,10-11,13-16H2. The highest BCUT2D eigenvalue weighted by Crippen LogP contribution is 2.29. The Balaban J connectivity index is 1.44. The van der Waals surface area contributed by atoms with Gasteiger partial charge in [-0.2, -0.15) is 8.61 Å². The van der Waals surface area contributed by atoms with Gasteiger partial charge in [0, 0.05) is 31.6 Å². The first-order valence-corrected chi connectivity index (χ1v) is 12.8. The van der Waals surface area contributed by atoms with Crippen LogP contribution in [0.15, 0.2) is 64.9 Å². The van der Waals surface area contributed by atoms with Gasteiger partial charge >= 0.3 is 0 Å². The van der Waals surface area contributed by atoms with Gasteiger partial charge in [0.05, 0.1) is 4.91 Å². The second-order valence-corrected chi connectivity index (χ2v) is 11.2. The summed E-state index contributed by atoms with van der Waals surface area (Å²) in [5, 5.41) is 1.19. The molecule has 6 nitrogen and oxygen atoms in total. The fourth-order valence-corrected chi connectivity index (χ4v) is 6.54. The van der Waals surface area contributed by atoms with Gasteiger partial charge in [-0.1, -0.05) is 54.6 Å². The molecule has 1 fully saturated rings. The van der Waals surface area contributed by atoms with Crippen LogP contribution in [0.25, 0.3) is 12.2 Å². The summed E-state index contributed by atoms with van der Waals surface area (Å²) in [7, 11) is -7.20. The molecular formula is C22H24N2O4S2. The number of benzene rings is 2. The Morgan fingerprint density at radius 1 is 0.733 bits per heavy atom. The third-order valence-electron chi connectivity index (χ3n) is 5.47. The zero-order valence-electron chi connectivity index (χ0n) is 16.5. The predicted molar refractivity (Wildman–Crippen MR) is 119 cm³/mol.